The number of anilines is 1. The third kappa shape index (κ3) is 3.86. The third-order valence-electron chi connectivity index (χ3n) is 4.44. The van der Waals surface area contributed by atoms with Gasteiger partial charge < -0.3 is 14.7 Å². The Labute approximate surface area is 165 Å². The van der Waals surface area contributed by atoms with Gasteiger partial charge in [-0.3, -0.25) is 14.6 Å². The van der Waals surface area contributed by atoms with Gasteiger partial charge in [-0.1, -0.05) is 22.8 Å². The van der Waals surface area contributed by atoms with Crippen LogP contribution in [0.1, 0.15) is 12.3 Å². The van der Waals surface area contributed by atoms with Crippen molar-refractivity contribution >= 4 is 29.1 Å². The van der Waals surface area contributed by atoms with Gasteiger partial charge in [0.2, 0.25) is 23.5 Å². The van der Waals surface area contributed by atoms with Crippen LogP contribution in [0.15, 0.2) is 53.3 Å². The first-order chi connectivity index (χ1) is 13.6. The van der Waals surface area contributed by atoms with Gasteiger partial charge in [-0.25, -0.2) is 0 Å². The number of carbonyl (C=O) groups is 2. The average Bonchev–Trinajstić information content (AvgIpc) is 3.34. The van der Waals surface area contributed by atoms with Gasteiger partial charge in [0.05, 0.1) is 12.5 Å². The highest BCUT2D eigenvalue weighted by Gasteiger charge is 2.35. The van der Waals surface area contributed by atoms with Gasteiger partial charge in [-0.15, -0.1) is 0 Å². The van der Waals surface area contributed by atoms with E-state index < -0.39 is 5.92 Å². The molecular formula is C19H16ClN5O3. The summed E-state index contributed by atoms with van der Waals surface area (Å²) < 4.78 is 5.17. The molecule has 2 aromatic heterocycles. The summed E-state index contributed by atoms with van der Waals surface area (Å²) >= 11 is 5.99. The number of benzene rings is 1. The van der Waals surface area contributed by atoms with Gasteiger partial charge in [0, 0.05) is 41.6 Å². The van der Waals surface area contributed by atoms with E-state index in [9.17, 15) is 9.59 Å². The molecule has 1 aromatic carbocycles. The van der Waals surface area contributed by atoms with Crippen molar-refractivity contribution in [3.63, 3.8) is 0 Å². The van der Waals surface area contributed by atoms with Crippen molar-refractivity contribution in [1.29, 1.82) is 0 Å². The Bertz CT molecular complexity index is 1010. The van der Waals surface area contributed by atoms with Crippen LogP contribution in [0.2, 0.25) is 5.02 Å². The van der Waals surface area contributed by atoms with Crippen molar-refractivity contribution in [2.24, 2.45) is 5.92 Å². The molecule has 3 aromatic rings. The number of amides is 2. The molecule has 1 atom stereocenters. The molecule has 28 heavy (non-hydrogen) atoms. The Morgan fingerprint density at radius 2 is 2.11 bits per heavy atom. The van der Waals surface area contributed by atoms with Crippen LogP contribution < -0.4 is 10.2 Å². The lowest BCUT2D eigenvalue weighted by molar-refractivity contribution is -0.126. The van der Waals surface area contributed by atoms with E-state index in [0.717, 1.165) is 5.56 Å². The Kier molecular flexibility index (Phi) is 5.03. The minimum atomic E-state index is -0.450. The minimum absolute atomic E-state index is 0.0960. The molecule has 1 aliphatic rings. The number of hydrogen-bond acceptors (Lipinski definition) is 6. The summed E-state index contributed by atoms with van der Waals surface area (Å²) in [7, 11) is 0. The van der Waals surface area contributed by atoms with E-state index in [1.807, 2.05) is 0 Å². The van der Waals surface area contributed by atoms with Gasteiger partial charge in [0.1, 0.15) is 0 Å². The van der Waals surface area contributed by atoms with Crippen LogP contribution in [0.3, 0.4) is 0 Å². The fourth-order valence-corrected chi connectivity index (χ4v) is 3.21. The van der Waals surface area contributed by atoms with Gasteiger partial charge in [0.25, 0.3) is 0 Å². The molecule has 1 aliphatic heterocycles. The van der Waals surface area contributed by atoms with Gasteiger partial charge in [-0.2, -0.15) is 4.98 Å². The average molecular weight is 398 g/mol. The molecular weight excluding hydrogens is 382 g/mol. The lowest BCUT2D eigenvalue weighted by Gasteiger charge is -2.16. The first-order valence-electron chi connectivity index (χ1n) is 8.67. The summed E-state index contributed by atoms with van der Waals surface area (Å²) in [6.07, 6.45) is 3.41. The maximum absolute atomic E-state index is 12.5. The molecule has 1 N–H and O–H groups in total. The number of hydrogen-bond donors (Lipinski definition) is 1. The molecule has 1 saturated heterocycles. The zero-order chi connectivity index (χ0) is 19.5. The molecule has 0 bridgehead atoms. The van der Waals surface area contributed by atoms with Crippen molar-refractivity contribution in [2.45, 2.75) is 13.0 Å². The van der Waals surface area contributed by atoms with E-state index in [4.69, 9.17) is 16.1 Å². The Morgan fingerprint density at radius 1 is 1.29 bits per heavy atom. The lowest BCUT2D eigenvalue weighted by atomic mass is 10.1. The topological polar surface area (TPSA) is 101 Å². The number of pyridine rings is 1. The van der Waals surface area contributed by atoms with E-state index in [1.165, 1.54) is 0 Å². The van der Waals surface area contributed by atoms with Crippen molar-refractivity contribution in [2.75, 3.05) is 11.4 Å². The van der Waals surface area contributed by atoms with Crippen LogP contribution in [0, 0.1) is 5.92 Å². The van der Waals surface area contributed by atoms with Gasteiger partial charge in [-0.05, 0) is 30.3 Å². The van der Waals surface area contributed by atoms with Crippen LogP contribution >= 0.6 is 11.6 Å². The highest BCUT2D eigenvalue weighted by Crippen LogP contribution is 2.27. The molecule has 4 rings (SSSR count). The Morgan fingerprint density at radius 3 is 2.89 bits per heavy atom. The van der Waals surface area contributed by atoms with Crippen LogP contribution in [0.4, 0.5) is 5.69 Å². The summed E-state index contributed by atoms with van der Waals surface area (Å²) in [6.45, 7) is 0.399. The van der Waals surface area contributed by atoms with E-state index >= 15 is 0 Å². The van der Waals surface area contributed by atoms with E-state index in [2.05, 4.69) is 20.4 Å². The molecule has 0 aliphatic carbocycles. The molecule has 1 fully saturated rings. The van der Waals surface area contributed by atoms with Crippen LogP contribution in [-0.4, -0.2) is 33.5 Å². The molecule has 0 saturated carbocycles. The molecule has 142 valence electrons. The standard InChI is InChI=1S/C19H16ClN5O3/c20-14-2-1-3-15(9-14)25-11-13(8-17(25)26)19(27)22-10-16-23-18(24-28-16)12-4-6-21-7-5-12/h1-7,9,13H,8,10-11H2,(H,22,27). The van der Waals surface area contributed by atoms with Gasteiger partial charge >= 0.3 is 0 Å². The molecule has 1 unspecified atom stereocenters. The van der Waals surface area contributed by atoms with Crippen LogP contribution in [-0.2, 0) is 16.1 Å². The van der Waals surface area contributed by atoms with E-state index in [-0.39, 0.29) is 30.7 Å². The Hall–Kier alpha value is -3.26. The summed E-state index contributed by atoms with van der Waals surface area (Å²) in [5, 5.41) is 7.19. The Balaban J connectivity index is 1.36. The number of carbonyl (C=O) groups excluding carboxylic acids is 2. The summed E-state index contributed by atoms with van der Waals surface area (Å²) in [5.41, 5.74) is 1.46. The zero-order valence-electron chi connectivity index (χ0n) is 14.7. The zero-order valence-corrected chi connectivity index (χ0v) is 15.5. The molecule has 2 amide bonds. The maximum atomic E-state index is 12.5. The molecule has 0 spiro atoms. The maximum Gasteiger partial charge on any atom is 0.246 e. The predicted molar refractivity (Wildman–Crippen MR) is 101 cm³/mol. The number of rotatable bonds is 5. The SMILES string of the molecule is O=C(NCc1nc(-c2ccncc2)no1)C1CC(=O)N(c2cccc(Cl)c2)C1. The van der Waals surface area contributed by atoms with E-state index in [1.54, 1.807) is 53.7 Å². The summed E-state index contributed by atoms with van der Waals surface area (Å²) in [6, 6.07) is 10.5. The summed E-state index contributed by atoms with van der Waals surface area (Å²) in [4.78, 5) is 34.5. The fourth-order valence-electron chi connectivity index (χ4n) is 3.03. The second-order valence-corrected chi connectivity index (χ2v) is 6.79. The predicted octanol–water partition coefficient (Wildman–Crippen LogP) is 2.45. The third-order valence-corrected chi connectivity index (χ3v) is 4.67. The first-order valence-corrected chi connectivity index (χ1v) is 9.04. The number of nitrogens with zero attached hydrogens (tertiary/aromatic N) is 4. The molecule has 8 nitrogen and oxygen atoms in total. The fraction of sp³-hybridized carbons (Fsp3) is 0.211. The highest BCUT2D eigenvalue weighted by atomic mass is 35.5. The number of aromatic nitrogens is 3. The monoisotopic (exact) mass is 397 g/mol. The first kappa shape index (κ1) is 18.1. The highest BCUT2D eigenvalue weighted by molar-refractivity contribution is 6.31. The van der Waals surface area contributed by atoms with E-state index in [0.29, 0.717) is 23.1 Å². The molecule has 9 heteroatoms. The minimum Gasteiger partial charge on any atom is -0.347 e. The lowest BCUT2D eigenvalue weighted by Crippen LogP contribution is -2.32. The second-order valence-electron chi connectivity index (χ2n) is 6.35. The van der Waals surface area contributed by atoms with Crippen molar-refractivity contribution in [3.05, 3.63) is 59.7 Å². The van der Waals surface area contributed by atoms with Crippen LogP contribution in [0.5, 0.6) is 0 Å². The quantitative estimate of drug-likeness (QED) is 0.709. The van der Waals surface area contributed by atoms with Crippen molar-refractivity contribution in [1.82, 2.24) is 20.4 Å². The molecule has 0 radical (unpaired) electrons. The summed E-state index contributed by atoms with van der Waals surface area (Å²) in [5.74, 6) is -0.0817. The molecule has 3 heterocycles. The normalized spacial score (nSPS) is 16.4. The van der Waals surface area contributed by atoms with Crippen molar-refractivity contribution in [3.8, 4) is 11.4 Å². The second kappa shape index (κ2) is 7.77. The van der Waals surface area contributed by atoms with Crippen molar-refractivity contribution < 1.29 is 14.1 Å². The number of halogens is 1. The number of nitrogens with one attached hydrogen (secondary N) is 1. The largest absolute Gasteiger partial charge is 0.347 e. The smallest absolute Gasteiger partial charge is 0.246 e. The van der Waals surface area contributed by atoms with Gasteiger partial charge in [0.15, 0.2) is 0 Å². The van der Waals surface area contributed by atoms with Crippen LogP contribution in [0.25, 0.3) is 11.4 Å².